The lowest BCUT2D eigenvalue weighted by Crippen LogP contribution is -2.51. The standard InChI is InChI=1S/C23H26Cl3FN2O2S/c1-4-21(23(31)28-14(2)3)29(11-15-8-9-16(24)10-19(15)26)22(30)13-32-12-17-18(25)6-5-7-20(17)27/h5-10,14,21H,4,11-13H2,1-3H3,(H,28,31)/t21-/m1/s1. The van der Waals surface area contributed by atoms with Crippen LogP contribution in [0.4, 0.5) is 4.39 Å². The van der Waals surface area contributed by atoms with Gasteiger partial charge in [-0.05, 0) is 50.1 Å². The number of amides is 2. The first-order valence-electron chi connectivity index (χ1n) is 10.2. The van der Waals surface area contributed by atoms with Gasteiger partial charge in [0.25, 0.3) is 0 Å². The summed E-state index contributed by atoms with van der Waals surface area (Å²) in [5.41, 5.74) is 1.03. The largest absolute Gasteiger partial charge is 0.352 e. The molecule has 2 aromatic rings. The highest BCUT2D eigenvalue weighted by Crippen LogP contribution is 2.26. The molecule has 0 spiro atoms. The van der Waals surface area contributed by atoms with E-state index < -0.39 is 11.9 Å². The highest BCUT2D eigenvalue weighted by molar-refractivity contribution is 7.99. The van der Waals surface area contributed by atoms with Crippen LogP contribution in [-0.2, 0) is 21.9 Å². The Morgan fingerprint density at radius 2 is 1.84 bits per heavy atom. The predicted octanol–water partition coefficient (Wildman–Crippen LogP) is 6.35. The van der Waals surface area contributed by atoms with Gasteiger partial charge in [0.15, 0.2) is 0 Å². The number of carbonyl (C=O) groups is 2. The van der Waals surface area contributed by atoms with Crippen molar-refractivity contribution >= 4 is 58.4 Å². The molecule has 0 unspecified atom stereocenters. The van der Waals surface area contributed by atoms with Gasteiger partial charge in [0.2, 0.25) is 11.8 Å². The predicted molar refractivity (Wildman–Crippen MR) is 132 cm³/mol. The Morgan fingerprint density at radius 3 is 2.44 bits per heavy atom. The van der Waals surface area contributed by atoms with E-state index in [2.05, 4.69) is 5.32 Å². The minimum atomic E-state index is -0.672. The molecule has 0 aliphatic carbocycles. The van der Waals surface area contributed by atoms with Gasteiger partial charge in [-0.25, -0.2) is 4.39 Å². The van der Waals surface area contributed by atoms with Gasteiger partial charge in [-0.3, -0.25) is 9.59 Å². The molecule has 174 valence electrons. The van der Waals surface area contributed by atoms with Crippen molar-refractivity contribution in [3.63, 3.8) is 0 Å². The second kappa shape index (κ2) is 12.7. The fourth-order valence-electron chi connectivity index (χ4n) is 3.13. The summed E-state index contributed by atoms with van der Waals surface area (Å²) in [6, 6.07) is 8.78. The highest BCUT2D eigenvalue weighted by Gasteiger charge is 2.29. The highest BCUT2D eigenvalue weighted by atomic mass is 35.5. The Hall–Kier alpha value is -1.47. The monoisotopic (exact) mass is 518 g/mol. The maximum absolute atomic E-state index is 14.0. The quantitative estimate of drug-likeness (QED) is 0.398. The second-order valence-corrected chi connectivity index (χ2v) is 9.77. The Morgan fingerprint density at radius 1 is 1.12 bits per heavy atom. The van der Waals surface area contributed by atoms with Gasteiger partial charge in [0, 0.05) is 39.0 Å². The Balaban J connectivity index is 2.21. The summed E-state index contributed by atoms with van der Waals surface area (Å²) >= 11 is 19.6. The number of carbonyl (C=O) groups excluding carboxylic acids is 2. The molecule has 2 amide bonds. The molecule has 0 fully saturated rings. The molecule has 0 bridgehead atoms. The summed E-state index contributed by atoms with van der Waals surface area (Å²) < 4.78 is 14.0. The van der Waals surface area contributed by atoms with Crippen molar-refractivity contribution in [1.29, 1.82) is 0 Å². The van der Waals surface area contributed by atoms with Crippen LogP contribution in [0, 0.1) is 5.82 Å². The number of benzene rings is 2. The summed E-state index contributed by atoms with van der Waals surface area (Å²) in [4.78, 5) is 27.5. The van der Waals surface area contributed by atoms with Crippen LogP contribution < -0.4 is 5.32 Å². The average Bonchev–Trinajstić information content (AvgIpc) is 2.71. The van der Waals surface area contributed by atoms with Crippen LogP contribution in [0.15, 0.2) is 36.4 Å². The first-order valence-corrected chi connectivity index (χ1v) is 12.5. The molecule has 1 N–H and O–H groups in total. The Labute approximate surface area is 207 Å². The molecule has 4 nitrogen and oxygen atoms in total. The molecule has 0 saturated heterocycles. The molecule has 0 saturated carbocycles. The van der Waals surface area contributed by atoms with E-state index in [-0.39, 0.29) is 35.9 Å². The van der Waals surface area contributed by atoms with Gasteiger partial charge < -0.3 is 10.2 Å². The first-order chi connectivity index (χ1) is 15.1. The van der Waals surface area contributed by atoms with Crippen LogP contribution in [0.3, 0.4) is 0 Å². The molecular formula is C23H26Cl3FN2O2S. The fourth-order valence-corrected chi connectivity index (χ4v) is 4.84. The second-order valence-electron chi connectivity index (χ2n) is 7.54. The van der Waals surface area contributed by atoms with Crippen molar-refractivity contribution in [3.05, 3.63) is 68.4 Å². The van der Waals surface area contributed by atoms with Crippen molar-refractivity contribution in [1.82, 2.24) is 10.2 Å². The van der Waals surface area contributed by atoms with Gasteiger partial charge in [0.05, 0.1) is 5.75 Å². The first kappa shape index (κ1) is 26.8. The molecule has 1 atom stereocenters. The number of rotatable bonds is 10. The molecule has 0 aromatic heterocycles. The fraction of sp³-hybridized carbons (Fsp3) is 0.391. The third-order valence-corrected chi connectivity index (χ3v) is 6.59. The van der Waals surface area contributed by atoms with E-state index in [0.29, 0.717) is 32.6 Å². The molecule has 2 aromatic carbocycles. The van der Waals surface area contributed by atoms with Crippen molar-refractivity contribution in [3.8, 4) is 0 Å². The topological polar surface area (TPSA) is 49.4 Å². The smallest absolute Gasteiger partial charge is 0.243 e. The number of hydrogen-bond acceptors (Lipinski definition) is 3. The van der Waals surface area contributed by atoms with E-state index in [0.717, 1.165) is 0 Å². The minimum Gasteiger partial charge on any atom is -0.352 e. The zero-order chi connectivity index (χ0) is 23.8. The Kier molecular flexibility index (Phi) is 10.6. The molecule has 9 heteroatoms. The maximum atomic E-state index is 14.0. The third kappa shape index (κ3) is 7.55. The van der Waals surface area contributed by atoms with Crippen molar-refractivity contribution in [2.45, 2.75) is 51.6 Å². The summed E-state index contributed by atoms with van der Waals surface area (Å²) in [6.07, 6.45) is 0.430. The molecule has 2 rings (SSSR count). The van der Waals surface area contributed by atoms with Crippen molar-refractivity contribution in [2.24, 2.45) is 0 Å². The van der Waals surface area contributed by atoms with E-state index in [9.17, 15) is 14.0 Å². The normalized spacial score (nSPS) is 12.0. The maximum Gasteiger partial charge on any atom is 0.243 e. The number of hydrogen-bond donors (Lipinski definition) is 1. The van der Waals surface area contributed by atoms with Gasteiger partial charge in [0.1, 0.15) is 11.9 Å². The molecule has 0 aliphatic heterocycles. The molecule has 32 heavy (non-hydrogen) atoms. The summed E-state index contributed by atoms with van der Waals surface area (Å²) in [7, 11) is 0. The van der Waals surface area contributed by atoms with Crippen molar-refractivity contribution < 1.29 is 14.0 Å². The SMILES string of the molecule is CC[C@H](C(=O)NC(C)C)N(Cc1ccc(Cl)cc1Cl)C(=O)CSCc1c(F)cccc1Cl. The van der Waals surface area contributed by atoms with Crippen LogP contribution in [0.2, 0.25) is 15.1 Å². The van der Waals surface area contributed by atoms with E-state index in [1.54, 1.807) is 24.3 Å². The Bertz CT molecular complexity index is 939. The lowest BCUT2D eigenvalue weighted by molar-refractivity contribution is -0.139. The molecular weight excluding hydrogens is 494 g/mol. The molecule has 0 aliphatic rings. The van der Waals surface area contributed by atoms with Crippen LogP contribution in [0.5, 0.6) is 0 Å². The van der Waals surface area contributed by atoms with Gasteiger partial charge >= 0.3 is 0 Å². The minimum absolute atomic E-state index is 0.0569. The van der Waals surface area contributed by atoms with Gasteiger partial charge in [-0.15, -0.1) is 11.8 Å². The van der Waals surface area contributed by atoms with Crippen molar-refractivity contribution in [2.75, 3.05) is 5.75 Å². The van der Waals surface area contributed by atoms with Crippen LogP contribution >= 0.6 is 46.6 Å². The van der Waals surface area contributed by atoms with E-state index in [4.69, 9.17) is 34.8 Å². The molecule has 0 radical (unpaired) electrons. The number of halogens is 4. The van der Waals surface area contributed by atoms with Crippen LogP contribution in [-0.4, -0.2) is 34.6 Å². The number of nitrogens with one attached hydrogen (secondary N) is 1. The summed E-state index contributed by atoms with van der Waals surface area (Å²) in [5, 5.41) is 4.09. The zero-order valence-corrected chi connectivity index (χ0v) is 21.2. The van der Waals surface area contributed by atoms with Crippen LogP contribution in [0.1, 0.15) is 38.3 Å². The number of thioether (sulfide) groups is 1. The third-order valence-electron chi connectivity index (χ3n) is 4.71. The van der Waals surface area contributed by atoms with E-state index >= 15 is 0 Å². The summed E-state index contributed by atoms with van der Waals surface area (Å²) in [5.74, 6) is -0.601. The average molecular weight is 520 g/mol. The van der Waals surface area contributed by atoms with Crippen LogP contribution in [0.25, 0.3) is 0 Å². The van der Waals surface area contributed by atoms with Gasteiger partial charge in [-0.2, -0.15) is 0 Å². The van der Waals surface area contributed by atoms with Gasteiger partial charge in [-0.1, -0.05) is 53.9 Å². The lowest BCUT2D eigenvalue weighted by atomic mass is 10.1. The summed E-state index contributed by atoms with van der Waals surface area (Å²) in [6.45, 7) is 5.72. The van der Waals surface area contributed by atoms with E-state index in [1.165, 1.54) is 28.8 Å². The lowest BCUT2D eigenvalue weighted by Gasteiger charge is -2.31. The van der Waals surface area contributed by atoms with E-state index in [1.807, 2.05) is 20.8 Å². The number of nitrogens with zero attached hydrogens (tertiary/aromatic N) is 1. The molecule has 0 heterocycles. The zero-order valence-electron chi connectivity index (χ0n) is 18.1.